The molecule has 0 fully saturated rings. The van der Waals surface area contributed by atoms with Gasteiger partial charge in [-0.3, -0.25) is 4.72 Å². The van der Waals surface area contributed by atoms with Crippen LogP contribution in [0.2, 0.25) is 0 Å². The third kappa shape index (κ3) is 2.59. The summed E-state index contributed by atoms with van der Waals surface area (Å²) in [5.41, 5.74) is 0.375. The van der Waals surface area contributed by atoms with E-state index in [1.165, 1.54) is 17.3 Å². The highest BCUT2D eigenvalue weighted by Crippen LogP contribution is 2.17. The summed E-state index contributed by atoms with van der Waals surface area (Å²) in [5, 5.41) is 3.91. The lowest BCUT2D eigenvalue weighted by atomic mass is 10.4. The molecule has 2 aromatic heterocycles. The molecule has 17 heavy (non-hydrogen) atoms. The van der Waals surface area contributed by atoms with Crippen molar-refractivity contribution in [1.82, 2.24) is 19.7 Å². The third-order valence-electron chi connectivity index (χ3n) is 2.07. The van der Waals surface area contributed by atoms with Crippen LogP contribution < -0.4 is 4.72 Å². The molecule has 2 aromatic rings. The van der Waals surface area contributed by atoms with Crippen molar-refractivity contribution in [2.24, 2.45) is 0 Å². The first-order chi connectivity index (χ1) is 8.12. The molecule has 0 aliphatic heterocycles. The fraction of sp³-hybridized carbons (Fsp3) is 0.222. The van der Waals surface area contributed by atoms with Crippen molar-refractivity contribution >= 4 is 15.7 Å². The molecule has 90 valence electrons. The van der Waals surface area contributed by atoms with Crippen LogP contribution >= 0.6 is 0 Å². The molecule has 0 unspecified atom stereocenters. The van der Waals surface area contributed by atoms with Crippen molar-refractivity contribution in [2.75, 3.05) is 10.5 Å². The predicted octanol–water partition coefficient (Wildman–Crippen LogP) is 0.424. The first-order valence-corrected chi connectivity index (χ1v) is 6.58. The molecule has 0 bridgehead atoms. The van der Waals surface area contributed by atoms with Crippen LogP contribution in [0.25, 0.3) is 5.82 Å². The minimum atomic E-state index is -3.34. The van der Waals surface area contributed by atoms with Gasteiger partial charge in [-0.25, -0.2) is 23.1 Å². The van der Waals surface area contributed by atoms with Gasteiger partial charge in [0.2, 0.25) is 10.0 Å². The van der Waals surface area contributed by atoms with Crippen molar-refractivity contribution in [3.63, 3.8) is 0 Å². The molecule has 0 aromatic carbocycles. The van der Waals surface area contributed by atoms with Crippen LogP contribution in [0.15, 0.2) is 31.0 Å². The zero-order valence-corrected chi connectivity index (χ0v) is 9.92. The van der Waals surface area contributed by atoms with Gasteiger partial charge in [-0.2, -0.15) is 5.10 Å². The molecule has 7 nitrogen and oxygen atoms in total. The van der Waals surface area contributed by atoms with Crippen molar-refractivity contribution in [3.05, 3.63) is 31.0 Å². The van der Waals surface area contributed by atoms with Crippen LogP contribution in [0.1, 0.15) is 6.92 Å². The smallest absolute Gasteiger partial charge is 0.232 e. The second-order valence-electron chi connectivity index (χ2n) is 3.22. The molecule has 0 atom stereocenters. The SMILES string of the molecule is CCS(=O)(=O)Nc1cccnc1-n1cncn1. The van der Waals surface area contributed by atoms with Crippen molar-refractivity contribution in [1.29, 1.82) is 0 Å². The van der Waals surface area contributed by atoms with Gasteiger partial charge in [-0.1, -0.05) is 0 Å². The molecular weight excluding hydrogens is 242 g/mol. The minimum Gasteiger partial charge on any atom is -0.280 e. The summed E-state index contributed by atoms with van der Waals surface area (Å²) in [6.45, 7) is 1.56. The zero-order chi connectivity index (χ0) is 12.3. The summed E-state index contributed by atoms with van der Waals surface area (Å²) in [7, 11) is -3.34. The van der Waals surface area contributed by atoms with Crippen molar-refractivity contribution < 1.29 is 8.42 Å². The summed E-state index contributed by atoms with van der Waals surface area (Å²) < 4.78 is 26.9. The van der Waals surface area contributed by atoms with E-state index in [-0.39, 0.29) is 5.75 Å². The first kappa shape index (κ1) is 11.5. The largest absolute Gasteiger partial charge is 0.280 e. The minimum absolute atomic E-state index is 0.00130. The van der Waals surface area contributed by atoms with E-state index in [2.05, 4.69) is 19.8 Å². The maximum atomic E-state index is 11.5. The predicted molar refractivity (Wildman–Crippen MR) is 62.2 cm³/mol. The second-order valence-corrected chi connectivity index (χ2v) is 5.23. The Labute approximate surface area is 98.6 Å². The second kappa shape index (κ2) is 4.50. The number of anilines is 1. The molecule has 8 heteroatoms. The summed E-state index contributed by atoms with van der Waals surface area (Å²) in [5.74, 6) is 0.389. The van der Waals surface area contributed by atoms with Gasteiger partial charge in [0.15, 0.2) is 5.82 Å². The highest BCUT2D eigenvalue weighted by Gasteiger charge is 2.12. The van der Waals surface area contributed by atoms with Crippen LogP contribution in [0, 0.1) is 0 Å². The van der Waals surface area contributed by atoms with Gasteiger partial charge in [-0.05, 0) is 19.1 Å². The van der Waals surface area contributed by atoms with Gasteiger partial charge in [0.1, 0.15) is 12.7 Å². The van der Waals surface area contributed by atoms with Crippen molar-refractivity contribution in [3.8, 4) is 5.82 Å². The molecule has 0 saturated carbocycles. The molecule has 2 rings (SSSR count). The van der Waals surface area contributed by atoms with Gasteiger partial charge in [0.25, 0.3) is 0 Å². The lowest BCUT2D eigenvalue weighted by Crippen LogP contribution is -2.16. The highest BCUT2D eigenvalue weighted by molar-refractivity contribution is 7.92. The van der Waals surface area contributed by atoms with E-state index in [1.807, 2.05) is 0 Å². The molecular formula is C9H11N5O2S. The summed E-state index contributed by atoms with van der Waals surface area (Å²) in [6.07, 6.45) is 4.36. The Kier molecular flexibility index (Phi) is 3.05. The number of pyridine rings is 1. The van der Waals surface area contributed by atoms with Gasteiger partial charge in [0, 0.05) is 6.20 Å². The van der Waals surface area contributed by atoms with E-state index in [1.54, 1.807) is 25.3 Å². The number of aromatic nitrogens is 4. The standard InChI is InChI=1S/C9H11N5O2S/c1-2-17(15,16)13-8-4-3-5-11-9(8)14-7-10-6-12-14/h3-7,13H,2H2,1H3. The number of nitrogens with zero attached hydrogens (tertiary/aromatic N) is 4. The molecule has 0 aliphatic rings. The van der Waals surface area contributed by atoms with E-state index < -0.39 is 10.0 Å². The molecule has 2 heterocycles. The molecule has 0 spiro atoms. The topological polar surface area (TPSA) is 89.8 Å². The maximum absolute atomic E-state index is 11.5. The Balaban J connectivity index is 2.42. The van der Waals surface area contributed by atoms with Crippen molar-refractivity contribution in [2.45, 2.75) is 6.92 Å². The Morgan fingerprint density at radius 3 is 2.94 bits per heavy atom. The van der Waals surface area contributed by atoms with Gasteiger partial charge in [0.05, 0.1) is 11.4 Å². The Bertz CT molecular complexity index is 594. The van der Waals surface area contributed by atoms with Gasteiger partial charge < -0.3 is 0 Å². The van der Waals surface area contributed by atoms with Gasteiger partial charge >= 0.3 is 0 Å². The van der Waals surface area contributed by atoms with Crippen LogP contribution in [0.3, 0.4) is 0 Å². The van der Waals surface area contributed by atoms with Crippen LogP contribution in [-0.4, -0.2) is 33.9 Å². The van der Waals surface area contributed by atoms with E-state index >= 15 is 0 Å². The summed E-state index contributed by atoms with van der Waals surface area (Å²) >= 11 is 0. The van der Waals surface area contributed by atoms with Crippen LogP contribution in [-0.2, 0) is 10.0 Å². The summed E-state index contributed by atoms with van der Waals surface area (Å²) in [4.78, 5) is 7.86. The monoisotopic (exact) mass is 253 g/mol. The van der Waals surface area contributed by atoms with Gasteiger partial charge in [-0.15, -0.1) is 0 Å². The molecule has 0 amide bonds. The molecule has 0 aliphatic carbocycles. The normalized spacial score (nSPS) is 11.4. The lowest BCUT2D eigenvalue weighted by Gasteiger charge is -2.09. The third-order valence-corrected chi connectivity index (χ3v) is 3.36. The average Bonchev–Trinajstić information content (AvgIpc) is 2.83. The Hall–Kier alpha value is -1.96. The fourth-order valence-corrected chi connectivity index (χ4v) is 1.86. The molecule has 1 N–H and O–H groups in total. The number of rotatable bonds is 4. The number of nitrogens with one attached hydrogen (secondary N) is 1. The fourth-order valence-electron chi connectivity index (χ4n) is 1.22. The Morgan fingerprint density at radius 1 is 1.47 bits per heavy atom. The quantitative estimate of drug-likeness (QED) is 0.853. The van der Waals surface area contributed by atoms with E-state index in [0.29, 0.717) is 11.5 Å². The van der Waals surface area contributed by atoms with E-state index in [4.69, 9.17) is 0 Å². The number of hydrogen-bond acceptors (Lipinski definition) is 5. The molecule has 0 saturated heterocycles. The number of hydrogen-bond donors (Lipinski definition) is 1. The average molecular weight is 253 g/mol. The van der Waals surface area contributed by atoms with E-state index in [9.17, 15) is 8.42 Å². The Morgan fingerprint density at radius 2 is 2.29 bits per heavy atom. The van der Waals surface area contributed by atoms with Crippen LogP contribution in [0.5, 0.6) is 0 Å². The van der Waals surface area contributed by atoms with E-state index in [0.717, 1.165) is 0 Å². The van der Waals surface area contributed by atoms with Crippen LogP contribution in [0.4, 0.5) is 5.69 Å². The molecule has 0 radical (unpaired) electrons. The lowest BCUT2D eigenvalue weighted by molar-refractivity contribution is 0.602. The highest BCUT2D eigenvalue weighted by atomic mass is 32.2. The maximum Gasteiger partial charge on any atom is 0.232 e. The summed E-state index contributed by atoms with van der Waals surface area (Å²) in [6, 6.07) is 3.27. The first-order valence-electron chi connectivity index (χ1n) is 4.93. The zero-order valence-electron chi connectivity index (χ0n) is 9.11. The number of sulfonamides is 1.